The predicted molar refractivity (Wildman–Crippen MR) is 102 cm³/mol. The third-order valence-electron chi connectivity index (χ3n) is 3.99. The number of carbonyl (C=O) groups excluding carboxylic acids is 3. The minimum atomic E-state index is -0.522. The summed E-state index contributed by atoms with van der Waals surface area (Å²) in [5.41, 5.74) is 1.42. The summed E-state index contributed by atoms with van der Waals surface area (Å²) in [5, 5.41) is 2.79. The third kappa shape index (κ3) is 6.86. The fourth-order valence-corrected chi connectivity index (χ4v) is 2.15. The lowest BCUT2D eigenvalue weighted by atomic mass is 10.0. The van der Waals surface area contributed by atoms with Crippen LogP contribution in [0.3, 0.4) is 0 Å². The molecule has 6 nitrogen and oxygen atoms in total. The molecule has 1 rings (SSSR count). The zero-order valence-electron chi connectivity index (χ0n) is 16.6. The molecule has 0 aromatic heterocycles. The van der Waals surface area contributed by atoms with Crippen LogP contribution < -0.4 is 10.1 Å². The fourth-order valence-electron chi connectivity index (χ4n) is 2.15. The number of Topliss-reactive ketones (excluding diaryl/α,β-unsaturated/α-hetero) is 1. The molecule has 1 N–H and O–H groups in total. The topological polar surface area (TPSA) is 75.7 Å². The summed E-state index contributed by atoms with van der Waals surface area (Å²) in [4.78, 5) is 37.3. The van der Waals surface area contributed by atoms with Gasteiger partial charge in [-0.1, -0.05) is 33.8 Å². The van der Waals surface area contributed by atoms with Crippen molar-refractivity contribution in [2.24, 2.45) is 11.8 Å². The van der Waals surface area contributed by atoms with Crippen molar-refractivity contribution in [3.05, 3.63) is 23.8 Å². The summed E-state index contributed by atoms with van der Waals surface area (Å²) in [6.45, 7) is 9.65. The van der Waals surface area contributed by atoms with Crippen molar-refractivity contribution in [3.63, 3.8) is 0 Å². The molecule has 144 valence electrons. The second kappa shape index (κ2) is 9.94. The van der Waals surface area contributed by atoms with E-state index < -0.39 is 6.09 Å². The highest BCUT2D eigenvalue weighted by Gasteiger charge is 2.17. The molecule has 0 aliphatic carbocycles. The van der Waals surface area contributed by atoms with E-state index in [2.05, 4.69) is 5.32 Å². The Balaban J connectivity index is 2.70. The normalized spacial score (nSPS) is 10.8. The molecule has 2 amide bonds. The first kappa shape index (κ1) is 21.7. The van der Waals surface area contributed by atoms with Gasteiger partial charge in [0.1, 0.15) is 5.78 Å². The lowest BCUT2D eigenvalue weighted by Gasteiger charge is -2.19. The van der Waals surface area contributed by atoms with Gasteiger partial charge in [0, 0.05) is 31.8 Å². The Morgan fingerprint density at radius 2 is 1.77 bits per heavy atom. The Bertz CT molecular complexity index is 653. The van der Waals surface area contributed by atoms with Crippen molar-refractivity contribution < 1.29 is 19.1 Å². The van der Waals surface area contributed by atoms with Crippen LogP contribution in [0.5, 0.6) is 5.75 Å². The smallest absolute Gasteiger partial charge is 0.408 e. The maximum Gasteiger partial charge on any atom is 0.415 e. The summed E-state index contributed by atoms with van der Waals surface area (Å²) in [5.74, 6) is 0.171. The number of carbonyl (C=O) groups is 3. The number of nitrogens with zero attached hydrogens (tertiary/aromatic N) is 1. The number of hydrogen-bond donors (Lipinski definition) is 1. The van der Waals surface area contributed by atoms with Crippen molar-refractivity contribution in [2.45, 2.75) is 47.5 Å². The van der Waals surface area contributed by atoms with Crippen LogP contribution in [0.4, 0.5) is 10.5 Å². The van der Waals surface area contributed by atoms with E-state index in [0.29, 0.717) is 30.8 Å². The lowest BCUT2D eigenvalue weighted by molar-refractivity contribution is -0.122. The van der Waals surface area contributed by atoms with E-state index in [0.717, 1.165) is 5.56 Å². The molecular weight excluding hydrogens is 332 g/mol. The molecule has 0 radical (unpaired) electrons. The van der Waals surface area contributed by atoms with Gasteiger partial charge in [-0.25, -0.2) is 4.79 Å². The van der Waals surface area contributed by atoms with Crippen molar-refractivity contribution in [1.82, 2.24) is 4.90 Å². The van der Waals surface area contributed by atoms with Gasteiger partial charge in [0.25, 0.3) is 0 Å². The largest absolute Gasteiger partial charge is 0.415 e. The molecule has 0 unspecified atom stereocenters. The minimum Gasteiger partial charge on any atom is -0.408 e. The molecule has 1 aromatic rings. The van der Waals surface area contributed by atoms with E-state index in [-0.39, 0.29) is 23.5 Å². The predicted octanol–water partition coefficient (Wildman–Crippen LogP) is 4.03. The van der Waals surface area contributed by atoms with Crippen LogP contribution in [0, 0.1) is 18.8 Å². The van der Waals surface area contributed by atoms with E-state index in [1.54, 1.807) is 33.0 Å². The van der Waals surface area contributed by atoms with Crippen molar-refractivity contribution in [1.29, 1.82) is 0 Å². The molecular formula is C20H30N2O4. The minimum absolute atomic E-state index is 0.00643. The Hall–Kier alpha value is -2.37. The number of anilines is 1. The van der Waals surface area contributed by atoms with Crippen LogP contribution in [-0.2, 0) is 9.59 Å². The molecule has 0 heterocycles. The average Bonchev–Trinajstić information content (AvgIpc) is 2.56. The monoisotopic (exact) mass is 362 g/mol. The summed E-state index contributed by atoms with van der Waals surface area (Å²) in [6, 6.07) is 5.25. The van der Waals surface area contributed by atoms with E-state index >= 15 is 0 Å². The summed E-state index contributed by atoms with van der Waals surface area (Å²) < 4.78 is 5.44. The van der Waals surface area contributed by atoms with Crippen LogP contribution in [-0.4, -0.2) is 36.3 Å². The molecule has 0 saturated heterocycles. The molecule has 0 aliphatic heterocycles. The Kier molecular flexibility index (Phi) is 8.29. The van der Waals surface area contributed by atoms with Crippen molar-refractivity contribution in [3.8, 4) is 5.75 Å². The number of nitrogens with one attached hydrogen (secondary N) is 1. The Labute approximate surface area is 155 Å². The van der Waals surface area contributed by atoms with Crippen LogP contribution >= 0.6 is 0 Å². The zero-order chi connectivity index (χ0) is 19.9. The van der Waals surface area contributed by atoms with Crippen molar-refractivity contribution >= 4 is 23.5 Å². The van der Waals surface area contributed by atoms with Gasteiger partial charge in [0.2, 0.25) is 5.91 Å². The van der Waals surface area contributed by atoms with E-state index in [1.165, 1.54) is 4.90 Å². The van der Waals surface area contributed by atoms with Gasteiger partial charge in [0.15, 0.2) is 5.75 Å². The summed E-state index contributed by atoms with van der Waals surface area (Å²) in [6.07, 6.45) is 0.508. The number of aryl methyl sites for hydroxylation is 1. The number of ketones is 1. The SMILES string of the molecule is Cc1ccc(OC(=O)N(C)CCCC(=O)C(C)C)c(NC(=O)C(C)C)c1. The van der Waals surface area contributed by atoms with Crippen LogP contribution in [0.2, 0.25) is 0 Å². The molecule has 0 fully saturated rings. The maximum absolute atomic E-state index is 12.3. The van der Waals surface area contributed by atoms with E-state index in [4.69, 9.17) is 4.74 Å². The highest BCUT2D eigenvalue weighted by atomic mass is 16.6. The average molecular weight is 362 g/mol. The number of amides is 2. The van der Waals surface area contributed by atoms with Gasteiger partial charge in [0.05, 0.1) is 5.69 Å². The van der Waals surface area contributed by atoms with E-state index in [1.807, 2.05) is 26.8 Å². The van der Waals surface area contributed by atoms with Crippen molar-refractivity contribution in [2.75, 3.05) is 18.9 Å². The molecule has 0 bridgehead atoms. The molecule has 6 heteroatoms. The Morgan fingerprint density at radius 3 is 2.35 bits per heavy atom. The number of ether oxygens (including phenoxy) is 1. The van der Waals surface area contributed by atoms with Gasteiger partial charge in [-0.3, -0.25) is 9.59 Å². The van der Waals surface area contributed by atoms with E-state index in [9.17, 15) is 14.4 Å². The summed E-state index contributed by atoms with van der Waals surface area (Å²) >= 11 is 0. The highest BCUT2D eigenvalue weighted by Crippen LogP contribution is 2.26. The first-order valence-corrected chi connectivity index (χ1v) is 8.99. The molecule has 0 aliphatic rings. The second-order valence-electron chi connectivity index (χ2n) is 7.16. The van der Waals surface area contributed by atoms with Gasteiger partial charge in [-0.2, -0.15) is 0 Å². The van der Waals surface area contributed by atoms with Gasteiger partial charge in [-0.15, -0.1) is 0 Å². The molecule has 1 aromatic carbocycles. The van der Waals surface area contributed by atoms with Gasteiger partial charge < -0.3 is 15.0 Å². The maximum atomic E-state index is 12.3. The zero-order valence-corrected chi connectivity index (χ0v) is 16.6. The first-order valence-electron chi connectivity index (χ1n) is 8.99. The fraction of sp³-hybridized carbons (Fsp3) is 0.550. The number of hydrogen-bond acceptors (Lipinski definition) is 4. The van der Waals surface area contributed by atoms with Gasteiger partial charge in [-0.05, 0) is 31.0 Å². The van der Waals surface area contributed by atoms with Crippen LogP contribution in [0.1, 0.15) is 46.1 Å². The van der Waals surface area contributed by atoms with Crippen LogP contribution in [0.15, 0.2) is 18.2 Å². The molecule has 0 spiro atoms. The van der Waals surface area contributed by atoms with Gasteiger partial charge >= 0.3 is 6.09 Å². The quantitative estimate of drug-likeness (QED) is 0.758. The Morgan fingerprint density at radius 1 is 1.12 bits per heavy atom. The third-order valence-corrected chi connectivity index (χ3v) is 3.99. The highest BCUT2D eigenvalue weighted by molar-refractivity contribution is 5.94. The second-order valence-corrected chi connectivity index (χ2v) is 7.16. The number of rotatable bonds is 8. The number of benzene rings is 1. The lowest BCUT2D eigenvalue weighted by Crippen LogP contribution is -2.31. The molecule has 0 saturated carbocycles. The first-order chi connectivity index (χ1) is 12.1. The molecule has 0 atom stereocenters. The molecule has 26 heavy (non-hydrogen) atoms. The standard InChI is InChI=1S/C20H30N2O4/c1-13(2)17(23)8-7-11-22(6)20(25)26-18-10-9-15(5)12-16(18)21-19(24)14(3)4/h9-10,12-14H,7-8,11H2,1-6H3,(H,21,24). The van der Waals surface area contributed by atoms with Crippen LogP contribution in [0.25, 0.3) is 0 Å². The summed E-state index contributed by atoms with van der Waals surface area (Å²) in [7, 11) is 1.63.